The summed E-state index contributed by atoms with van der Waals surface area (Å²) in [6, 6.07) is 5.80. The van der Waals surface area contributed by atoms with Crippen molar-refractivity contribution in [3.63, 3.8) is 0 Å². The lowest BCUT2D eigenvalue weighted by Crippen LogP contribution is -2.36. The van der Waals surface area contributed by atoms with Crippen molar-refractivity contribution in [2.24, 2.45) is 0 Å². The summed E-state index contributed by atoms with van der Waals surface area (Å²) >= 11 is 6.13. The van der Waals surface area contributed by atoms with Crippen LogP contribution in [0.3, 0.4) is 0 Å². The number of aliphatic hydroxyl groups is 1. The third-order valence-electron chi connectivity index (χ3n) is 2.81. The zero-order valence-corrected chi connectivity index (χ0v) is 10.1. The summed E-state index contributed by atoms with van der Waals surface area (Å²) in [5, 5.41) is 10.1. The Morgan fingerprint density at radius 3 is 2.62 bits per heavy atom. The minimum absolute atomic E-state index is 0.522. The largest absolute Gasteiger partial charge is 0.389 e. The topological polar surface area (TPSA) is 32.7 Å². The summed E-state index contributed by atoms with van der Waals surface area (Å²) in [7, 11) is 0. The van der Waals surface area contributed by atoms with E-state index in [1.165, 1.54) is 0 Å². The Bertz CT molecular complexity index is 362. The molecule has 0 bridgehead atoms. The molecule has 4 heteroatoms. The number of anilines is 1. The molecule has 16 heavy (non-hydrogen) atoms. The van der Waals surface area contributed by atoms with E-state index in [9.17, 15) is 5.11 Å². The van der Waals surface area contributed by atoms with Gasteiger partial charge in [0.25, 0.3) is 0 Å². The highest BCUT2D eigenvalue weighted by Crippen LogP contribution is 2.28. The lowest BCUT2D eigenvalue weighted by atomic mass is 10.1. The van der Waals surface area contributed by atoms with E-state index in [0.717, 1.165) is 37.6 Å². The molecule has 0 amide bonds. The van der Waals surface area contributed by atoms with Crippen molar-refractivity contribution in [2.45, 2.75) is 13.0 Å². The Balaban J connectivity index is 2.19. The number of benzene rings is 1. The molecule has 1 aromatic carbocycles. The first kappa shape index (κ1) is 11.7. The molecular weight excluding hydrogens is 226 g/mol. The number of hydrogen-bond acceptors (Lipinski definition) is 3. The van der Waals surface area contributed by atoms with Crippen LogP contribution >= 0.6 is 11.6 Å². The fourth-order valence-corrected chi connectivity index (χ4v) is 2.21. The van der Waals surface area contributed by atoms with Gasteiger partial charge in [0.15, 0.2) is 0 Å². The van der Waals surface area contributed by atoms with Gasteiger partial charge in [0, 0.05) is 23.8 Å². The van der Waals surface area contributed by atoms with E-state index >= 15 is 0 Å². The Morgan fingerprint density at radius 2 is 2.06 bits per heavy atom. The number of hydrogen-bond donors (Lipinski definition) is 1. The van der Waals surface area contributed by atoms with Crippen LogP contribution in [0.25, 0.3) is 0 Å². The quantitative estimate of drug-likeness (QED) is 0.862. The van der Waals surface area contributed by atoms with E-state index in [-0.39, 0.29) is 0 Å². The minimum atomic E-state index is -0.522. The van der Waals surface area contributed by atoms with E-state index in [0.29, 0.717) is 5.02 Å². The maximum atomic E-state index is 9.49. The standard InChI is InChI=1S/C12H16ClNO2/c1-9(15)11-3-2-10(8-12(11)13)14-4-6-16-7-5-14/h2-3,8-9,15H,4-7H2,1H3/t9-/m0/s1. The van der Waals surface area contributed by atoms with E-state index in [1.54, 1.807) is 6.92 Å². The van der Waals surface area contributed by atoms with E-state index in [1.807, 2.05) is 18.2 Å². The van der Waals surface area contributed by atoms with Gasteiger partial charge in [-0.25, -0.2) is 0 Å². The van der Waals surface area contributed by atoms with Crippen LogP contribution in [0.1, 0.15) is 18.6 Å². The number of nitrogens with zero attached hydrogens (tertiary/aromatic N) is 1. The van der Waals surface area contributed by atoms with E-state index < -0.39 is 6.10 Å². The van der Waals surface area contributed by atoms with Gasteiger partial charge in [-0.3, -0.25) is 0 Å². The molecular formula is C12H16ClNO2. The predicted octanol–water partition coefficient (Wildman–Crippen LogP) is 2.23. The van der Waals surface area contributed by atoms with Crippen LogP contribution in [-0.4, -0.2) is 31.4 Å². The number of morpholine rings is 1. The van der Waals surface area contributed by atoms with Crippen LogP contribution in [0.5, 0.6) is 0 Å². The Kier molecular flexibility index (Phi) is 3.69. The smallest absolute Gasteiger partial charge is 0.0776 e. The molecule has 88 valence electrons. The molecule has 2 rings (SSSR count). The van der Waals surface area contributed by atoms with Gasteiger partial charge in [0.05, 0.1) is 19.3 Å². The normalized spacial score (nSPS) is 18.6. The monoisotopic (exact) mass is 241 g/mol. The number of aliphatic hydroxyl groups excluding tert-OH is 1. The second-order valence-corrected chi connectivity index (χ2v) is 4.39. The molecule has 0 spiro atoms. The van der Waals surface area contributed by atoms with Gasteiger partial charge >= 0.3 is 0 Å². The van der Waals surface area contributed by atoms with Gasteiger partial charge in [0.1, 0.15) is 0 Å². The van der Waals surface area contributed by atoms with Crippen molar-refractivity contribution < 1.29 is 9.84 Å². The molecule has 0 saturated carbocycles. The fraction of sp³-hybridized carbons (Fsp3) is 0.500. The van der Waals surface area contributed by atoms with Crippen LogP contribution < -0.4 is 4.90 Å². The van der Waals surface area contributed by atoms with Crippen molar-refractivity contribution in [2.75, 3.05) is 31.2 Å². The minimum Gasteiger partial charge on any atom is -0.389 e. The average molecular weight is 242 g/mol. The number of rotatable bonds is 2. The SMILES string of the molecule is C[C@H](O)c1ccc(N2CCOCC2)cc1Cl. The third-order valence-corrected chi connectivity index (χ3v) is 3.14. The fourth-order valence-electron chi connectivity index (χ4n) is 1.87. The molecule has 1 saturated heterocycles. The molecule has 1 aliphatic rings. The molecule has 1 N–H and O–H groups in total. The molecule has 1 aliphatic heterocycles. The second-order valence-electron chi connectivity index (χ2n) is 3.98. The summed E-state index contributed by atoms with van der Waals surface area (Å²) in [4.78, 5) is 2.24. The molecule has 3 nitrogen and oxygen atoms in total. The molecule has 1 aromatic rings. The van der Waals surface area contributed by atoms with Gasteiger partial charge in [0.2, 0.25) is 0 Å². The molecule has 0 aromatic heterocycles. The zero-order chi connectivity index (χ0) is 11.5. The first-order valence-electron chi connectivity index (χ1n) is 5.48. The second kappa shape index (κ2) is 5.04. The van der Waals surface area contributed by atoms with Gasteiger partial charge in [-0.05, 0) is 24.6 Å². The van der Waals surface area contributed by atoms with Crippen molar-refractivity contribution in [3.05, 3.63) is 28.8 Å². The zero-order valence-electron chi connectivity index (χ0n) is 9.32. The summed E-state index contributed by atoms with van der Waals surface area (Å²) < 4.78 is 5.30. The van der Waals surface area contributed by atoms with E-state index in [4.69, 9.17) is 16.3 Å². The Labute approximate surface area is 101 Å². The lowest BCUT2D eigenvalue weighted by Gasteiger charge is -2.29. The van der Waals surface area contributed by atoms with Crippen LogP contribution in [0.4, 0.5) is 5.69 Å². The Hall–Kier alpha value is -0.770. The van der Waals surface area contributed by atoms with Gasteiger partial charge < -0.3 is 14.7 Å². The Morgan fingerprint density at radius 1 is 1.38 bits per heavy atom. The van der Waals surface area contributed by atoms with Crippen molar-refractivity contribution in [3.8, 4) is 0 Å². The highest BCUT2D eigenvalue weighted by Gasteiger charge is 2.13. The van der Waals surface area contributed by atoms with E-state index in [2.05, 4.69) is 4.90 Å². The van der Waals surface area contributed by atoms with Crippen molar-refractivity contribution >= 4 is 17.3 Å². The molecule has 0 aliphatic carbocycles. The third kappa shape index (κ3) is 2.48. The summed E-state index contributed by atoms with van der Waals surface area (Å²) in [6.45, 7) is 5.02. The lowest BCUT2D eigenvalue weighted by molar-refractivity contribution is 0.122. The average Bonchev–Trinajstić information content (AvgIpc) is 2.29. The van der Waals surface area contributed by atoms with Gasteiger partial charge in [-0.2, -0.15) is 0 Å². The predicted molar refractivity (Wildman–Crippen MR) is 65.1 cm³/mol. The first-order chi connectivity index (χ1) is 7.68. The number of halogens is 1. The first-order valence-corrected chi connectivity index (χ1v) is 5.86. The van der Waals surface area contributed by atoms with Crippen LogP contribution in [0.15, 0.2) is 18.2 Å². The van der Waals surface area contributed by atoms with Crippen molar-refractivity contribution in [1.82, 2.24) is 0 Å². The molecule has 0 radical (unpaired) electrons. The van der Waals surface area contributed by atoms with Crippen LogP contribution in [0, 0.1) is 0 Å². The van der Waals surface area contributed by atoms with Gasteiger partial charge in [-0.15, -0.1) is 0 Å². The maximum Gasteiger partial charge on any atom is 0.0776 e. The summed E-state index contributed by atoms with van der Waals surface area (Å²) in [5.41, 5.74) is 1.87. The van der Waals surface area contributed by atoms with Crippen LogP contribution in [-0.2, 0) is 4.74 Å². The molecule has 0 unspecified atom stereocenters. The van der Waals surface area contributed by atoms with Crippen LogP contribution in [0.2, 0.25) is 5.02 Å². The summed E-state index contributed by atoms with van der Waals surface area (Å²) in [5.74, 6) is 0. The summed E-state index contributed by atoms with van der Waals surface area (Å²) in [6.07, 6.45) is -0.522. The molecule has 1 atom stereocenters. The van der Waals surface area contributed by atoms with Crippen molar-refractivity contribution in [1.29, 1.82) is 0 Å². The van der Waals surface area contributed by atoms with Gasteiger partial charge in [-0.1, -0.05) is 17.7 Å². The molecule has 1 fully saturated rings. The maximum absolute atomic E-state index is 9.49. The number of ether oxygens (including phenoxy) is 1. The highest BCUT2D eigenvalue weighted by molar-refractivity contribution is 6.31. The highest BCUT2D eigenvalue weighted by atomic mass is 35.5. The molecule has 1 heterocycles.